The number of nitro benzene ring substituents is 1. The summed E-state index contributed by atoms with van der Waals surface area (Å²) in [6.45, 7) is 4.81. The number of anilines is 1. The molecule has 0 fully saturated rings. The van der Waals surface area contributed by atoms with Gasteiger partial charge in [0.2, 0.25) is 15.9 Å². The molecule has 0 aliphatic heterocycles. The Hall–Kier alpha value is -6.50. The number of carbonyl (C=O) groups excluding carboxylic acids is 1. The van der Waals surface area contributed by atoms with Crippen LogP contribution in [0.25, 0.3) is 16.5 Å². The van der Waals surface area contributed by atoms with E-state index in [1.807, 2.05) is 4.72 Å². The molecule has 5 aromatic carbocycles. The number of sulfonamides is 2. The van der Waals surface area contributed by atoms with Crippen LogP contribution in [0.1, 0.15) is 19.5 Å². The van der Waals surface area contributed by atoms with E-state index in [2.05, 4.69) is 35.9 Å². The second-order valence-corrected chi connectivity index (χ2v) is 16.0. The number of benzene rings is 5. The van der Waals surface area contributed by atoms with Crippen molar-refractivity contribution in [1.82, 2.24) is 14.5 Å². The zero-order valence-electron chi connectivity index (χ0n) is 33.9. The average Bonchev–Trinajstić information content (AvgIpc) is 3.49. The van der Waals surface area contributed by atoms with E-state index in [1.54, 1.807) is 31.2 Å². The van der Waals surface area contributed by atoms with Crippen molar-refractivity contribution in [2.45, 2.75) is 30.6 Å². The number of rotatable bonds is 11. The Morgan fingerprint density at radius 2 is 1.55 bits per heavy atom. The SMILES string of the molecule is CC[NH+]=C(O)NS(=O)(=O)c1ccc(O)c(N=Nc2c(O)ccc3cccc(NC(C)=O)c23)c1.Cc1[nH]n(-c2cccc(S(N)(=O)=O)c2)c(=O)c1N=Nc1cc([N+](=O)[O-])ccc1[O-].[Cr].[Na+]. The summed E-state index contributed by atoms with van der Waals surface area (Å²) >= 11 is 0. The van der Waals surface area contributed by atoms with Crippen molar-refractivity contribution < 1.29 is 98.9 Å². The van der Waals surface area contributed by atoms with Gasteiger partial charge in [-0.3, -0.25) is 24.8 Å². The fourth-order valence-corrected chi connectivity index (χ4v) is 6.94. The predicted molar refractivity (Wildman–Crippen MR) is 221 cm³/mol. The molecule has 0 saturated carbocycles. The van der Waals surface area contributed by atoms with Gasteiger partial charge in [-0.1, -0.05) is 36.1 Å². The van der Waals surface area contributed by atoms with Gasteiger partial charge in [-0.05, 0) is 67.8 Å². The summed E-state index contributed by atoms with van der Waals surface area (Å²) in [6.07, 6.45) is 0. The fraction of sp³-hybridized carbons (Fsp3) is 0.108. The molecule has 6 aromatic rings. The molecule has 0 atom stereocenters. The van der Waals surface area contributed by atoms with E-state index in [-0.39, 0.29) is 114 Å². The number of nitrogens with two attached hydrogens (primary N) is 1. The number of amidine groups is 1. The quantitative estimate of drug-likeness (QED) is 0.0219. The average molecular weight is 965 g/mol. The van der Waals surface area contributed by atoms with E-state index in [0.717, 1.165) is 41.1 Å². The molecule has 0 saturated heterocycles. The number of phenols is 2. The van der Waals surface area contributed by atoms with Crippen LogP contribution in [0.3, 0.4) is 0 Å². The first-order chi connectivity index (χ1) is 29.2. The number of nitrogens with one attached hydrogen (secondary N) is 4. The molecule has 0 aliphatic rings. The fourth-order valence-electron chi connectivity index (χ4n) is 5.43. The number of phenolic OH excluding ortho intramolecular Hbond substituents is 2. The predicted octanol–water partition coefficient (Wildman–Crippen LogP) is 0.438. The van der Waals surface area contributed by atoms with Crippen molar-refractivity contribution in [2.24, 2.45) is 25.6 Å². The molecule has 0 radical (unpaired) electrons. The molecule has 328 valence electrons. The van der Waals surface area contributed by atoms with Crippen LogP contribution >= 0.6 is 0 Å². The first kappa shape index (κ1) is 51.9. The number of amides is 1. The number of nitro groups is 1. The van der Waals surface area contributed by atoms with Crippen molar-refractivity contribution in [2.75, 3.05) is 11.9 Å². The van der Waals surface area contributed by atoms with Crippen molar-refractivity contribution in [3.63, 3.8) is 0 Å². The van der Waals surface area contributed by atoms with E-state index in [9.17, 15) is 57.0 Å². The van der Waals surface area contributed by atoms with E-state index < -0.39 is 42.3 Å². The van der Waals surface area contributed by atoms with Crippen molar-refractivity contribution >= 4 is 76.9 Å². The number of aromatic hydroxyl groups is 2. The third-order valence-corrected chi connectivity index (χ3v) is 10.5. The Bertz CT molecular complexity index is 3120. The molecular formula is C37H35CrN11NaO12S2+. The summed E-state index contributed by atoms with van der Waals surface area (Å²) in [7, 11) is -8.15. The summed E-state index contributed by atoms with van der Waals surface area (Å²) in [5.41, 5.74) is -0.807. The number of hydrogen-bond donors (Lipinski definition) is 8. The van der Waals surface area contributed by atoms with Crippen molar-refractivity contribution in [3.8, 4) is 22.9 Å². The molecular weight excluding hydrogens is 930 g/mol. The minimum absolute atomic E-state index is 0. The van der Waals surface area contributed by atoms with Gasteiger partial charge in [-0.25, -0.2) is 23.2 Å². The largest absolute Gasteiger partial charge is 1.00 e. The number of nitrogens with zero attached hydrogens (tertiary/aromatic N) is 6. The van der Waals surface area contributed by atoms with Crippen molar-refractivity contribution in [3.05, 3.63) is 117 Å². The van der Waals surface area contributed by atoms with Gasteiger partial charge in [0.15, 0.2) is 5.69 Å². The number of non-ortho nitro benzene ring substituents is 1. The molecule has 27 heteroatoms. The first-order valence-corrected chi connectivity index (χ1v) is 20.6. The van der Waals surface area contributed by atoms with Gasteiger partial charge in [0.1, 0.15) is 27.8 Å². The maximum Gasteiger partial charge on any atom is 1.00 e. The number of aryl methyl sites for hydroxylation is 1. The summed E-state index contributed by atoms with van der Waals surface area (Å²) in [6, 6.07) is 19.1. The molecule has 0 aliphatic carbocycles. The number of primary sulfonamides is 1. The van der Waals surface area contributed by atoms with Crippen LogP contribution in [0.2, 0.25) is 0 Å². The third kappa shape index (κ3) is 12.6. The van der Waals surface area contributed by atoms with Gasteiger partial charge in [0.05, 0.1) is 39.1 Å². The molecule has 1 heterocycles. The Morgan fingerprint density at radius 1 is 0.891 bits per heavy atom. The molecule has 64 heavy (non-hydrogen) atoms. The third-order valence-electron chi connectivity index (χ3n) is 8.25. The molecule has 1 aromatic heterocycles. The van der Waals surface area contributed by atoms with Gasteiger partial charge in [0.25, 0.3) is 11.2 Å². The van der Waals surface area contributed by atoms with Crippen LogP contribution < -0.4 is 60.4 Å². The smallest absolute Gasteiger partial charge is 0.871 e. The van der Waals surface area contributed by atoms with Crippen LogP contribution in [-0.4, -0.2) is 65.3 Å². The van der Waals surface area contributed by atoms with Crippen molar-refractivity contribution in [1.29, 1.82) is 0 Å². The molecule has 23 nitrogen and oxygen atoms in total. The Balaban J connectivity index is 0.000000332. The van der Waals surface area contributed by atoms with Crippen LogP contribution in [0.5, 0.6) is 17.2 Å². The van der Waals surface area contributed by atoms with Gasteiger partial charge in [0, 0.05) is 41.8 Å². The van der Waals surface area contributed by atoms with Crippen LogP contribution in [0.4, 0.5) is 34.1 Å². The summed E-state index contributed by atoms with van der Waals surface area (Å²) < 4.78 is 50.9. The van der Waals surface area contributed by atoms with E-state index in [1.165, 1.54) is 44.2 Å². The number of azo groups is 2. The minimum atomic E-state index is -4.18. The van der Waals surface area contributed by atoms with Gasteiger partial charge < -0.3 is 25.7 Å². The number of aliphatic hydroxyl groups excluding tert-OH is 1. The minimum Gasteiger partial charge on any atom is -0.871 e. The molecule has 9 N–H and O–H groups in total. The molecule has 0 unspecified atom stereocenters. The van der Waals surface area contributed by atoms with Gasteiger partial charge in [-0.15, -0.1) is 20.1 Å². The van der Waals surface area contributed by atoms with Crippen LogP contribution in [0, 0.1) is 17.0 Å². The zero-order chi connectivity index (χ0) is 45.5. The molecule has 0 bridgehead atoms. The van der Waals surface area contributed by atoms with Gasteiger partial charge >= 0.3 is 45.6 Å². The maximum atomic E-state index is 12.6. The van der Waals surface area contributed by atoms with Crippen LogP contribution in [0.15, 0.2) is 126 Å². The van der Waals surface area contributed by atoms with E-state index in [4.69, 9.17) is 5.14 Å². The molecule has 1 amide bonds. The monoisotopic (exact) mass is 964 g/mol. The number of H-pyrrole nitrogens is 1. The number of fused-ring (bicyclic) bond motifs is 1. The maximum absolute atomic E-state index is 12.6. The summed E-state index contributed by atoms with van der Waals surface area (Å²) in [4.78, 5) is 36.3. The second-order valence-electron chi connectivity index (χ2n) is 12.7. The first-order valence-electron chi connectivity index (χ1n) is 17.6. The Labute approximate surface area is 395 Å². The van der Waals surface area contributed by atoms with Gasteiger partial charge in [-0.2, -0.15) is 13.5 Å². The number of hydrogen-bond acceptors (Lipinski definition) is 15. The summed E-state index contributed by atoms with van der Waals surface area (Å²) in [5.74, 6) is -1.53. The number of aromatic nitrogens is 2. The standard InChI is InChI=1S/C21H21N5O6S.C16H14N6O6S.Cr.Na/c1-3-22-21(30)26-33(31,32)14-8-10-17(28)16(11-14)24-25-20-18(29)9-7-13-5-4-6-15(19(13)20)23-12(2)27;1-9-15(19-18-13-8-11(22(25)26)5-6-14(13)23)16(24)21(20-9)10-3-2-4-12(7-10)29(17,27)28;;/h4-11,28-29H,3H2,1-2H3,(H,23,27)(H2,22,26,30);2-8,20,23H,1H3,(H2,17,27,28);;/q;;;+1. The number of aromatic amines is 1. The molecule has 0 spiro atoms. The summed E-state index contributed by atoms with van der Waals surface area (Å²) in [5, 5.41) is 79.7. The zero-order valence-corrected chi connectivity index (χ0v) is 38.8. The molecule has 6 rings (SSSR count). The van der Waals surface area contributed by atoms with E-state index in [0.29, 0.717) is 23.0 Å². The Kier molecular flexibility index (Phi) is 17.6. The Morgan fingerprint density at radius 3 is 2.20 bits per heavy atom. The second kappa shape index (κ2) is 21.7. The van der Waals surface area contributed by atoms with E-state index >= 15 is 0 Å². The number of carbonyl (C=O) groups is 1. The van der Waals surface area contributed by atoms with Crippen LogP contribution in [-0.2, 0) is 42.2 Å². The normalized spacial score (nSPS) is 11.7. The topological polar surface area (TPSA) is 364 Å². The number of aliphatic hydroxyl groups is 1.